The summed E-state index contributed by atoms with van der Waals surface area (Å²) in [6.07, 6.45) is 0. The van der Waals surface area contributed by atoms with Gasteiger partial charge in [0.05, 0.1) is 5.69 Å². The molecule has 2 aliphatic rings. The quantitative estimate of drug-likeness (QED) is 0.492. The number of para-hydroxylation sites is 1. The average molecular weight is 521 g/mol. The van der Waals surface area contributed by atoms with E-state index >= 15 is 0 Å². The van der Waals surface area contributed by atoms with Crippen molar-refractivity contribution >= 4 is 58.0 Å². The van der Waals surface area contributed by atoms with Gasteiger partial charge in [-0.1, -0.05) is 47.5 Å². The highest BCUT2D eigenvalue weighted by atomic mass is 35.5. The number of amides is 3. The van der Waals surface area contributed by atoms with Crippen molar-refractivity contribution in [3.05, 3.63) is 100 Å². The summed E-state index contributed by atoms with van der Waals surface area (Å²) >= 11 is 12.2. The number of benzene rings is 3. The van der Waals surface area contributed by atoms with Gasteiger partial charge in [-0.25, -0.2) is 4.90 Å². The maximum Gasteiger partial charge on any atom is 0.283 e. The van der Waals surface area contributed by atoms with Gasteiger partial charge < -0.3 is 15.1 Å². The van der Waals surface area contributed by atoms with Gasteiger partial charge in [-0.05, 0) is 54.6 Å². The molecule has 3 amide bonds. The highest BCUT2D eigenvalue weighted by Gasteiger charge is 2.39. The molecule has 2 aliphatic heterocycles. The van der Waals surface area contributed by atoms with Gasteiger partial charge in [-0.2, -0.15) is 0 Å². The number of rotatable bonds is 5. The molecule has 0 bridgehead atoms. The molecule has 3 aromatic carbocycles. The molecule has 0 unspecified atom stereocenters. The van der Waals surface area contributed by atoms with Gasteiger partial charge in [0.2, 0.25) is 0 Å². The minimum absolute atomic E-state index is 0.0438. The Morgan fingerprint density at radius 3 is 2.14 bits per heavy atom. The largest absolute Gasteiger partial charge is 0.368 e. The maximum atomic E-state index is 13.2. The summed E-state index contributed by atoms with van der Waals surface area (Å²) in [5.41, 5.74) is 2.43. The maximum absolute atomic E-state index is 13.2. The number of anilines is 3. The Kier molecular flexibility index (Phi) is 6.67. The van der Waals surface area contributed by atoms with Crippen LogP contribution in [-0.2, 0) is 9.59 Å². The van der Waals surface area contributed by atoms with E-state index in [1.165, 1.54) is 0 Å². The molecule has 0 aliphatic carbocycles. The molecule has 9 heteroatoms. The molecular weight excluding hydrogens is 499 g/mol. The van der Waals surface area contributed by atoms with E-state index < -0.39 is 11.8 Å². The normalized spacial score (nSPS) is 16.1. The molecule has 1 saturated heterocycles. The second kappa shape index (κ2) is 10.0. The summed E-state index contributed by atoms with van der Waals surface area (Å²) in [6, 6.07) is 23.3. The lowest BCUT2D eigenvalue weighted by atomic mass is 10.1. The van der Waals surface area contributed by atoms with Crippen molar-refractivity contribution in [2.24, 2.45) is 0 Å². The Balaban J connectivity index is 1.28. The van der Waals surface area contributed by atoms with Gasteiger partial charge in [0, 0.05) is 48.1 Å². The highest BCUT2D eigenvalue weighted by Crippen LogP contribution is 2.31. The third-order valence-electron chi connectivity index (χ3n) is 6.18. The molecule has 182 valence electrons. The predicted octanol–water partition coefficient (Wildman–Crippen LogP) is 4.74. The lowest BCUT2D eigenvalue weighted by Crippen LogP contribution is -2.48. The van der Waals surface area contributed by atoms with Crippen molar-refractivity contribution in [3.8, 4) is 0 Å². The van der Waals surface area contributed by atoms with Crippen LogP contribution in [0.3, 0.4) is 0 Å². The number of hydrogen-bond acceptors (Lipinski definition) is 5. The Labute approximate surface area is 218 Å². The minimum Gasteiger partial charge on any atom is -0.368 e. The van der Waals surface area contributed by atoms with Gasteiger partial charge in [0.15, 0.2) is 0 Å². The molecule has 0 aromatic heterocycles. The van der Waals surface area contributed by atoms with E-state index in [1.807, 2.05) is 23.1 Å². The number of imide groups is 1. The van der Waals surface area contributed by atoms with Crippen LogP contribution in [0.2, 0.25) is 5.02 Å². The molecule has 3 aromatic rings. The molecule has 2 heterocycles. The molecule has 0 spiro atoms. The summed E-state index contributed by atoms with van der Waals surface area (Å²) in [6.45, 7) is 2.69. The first-order chi connectivity index (χ1) is 17.4. The average Bonchev–Trinajstić information content (AvgIpc) is 3.12. The molecule has 0 radical (unpaired) electrons. The van der Waals surface area contributed by atoms with Crippen LogP contribution in [0.1, 0.15) is 10.4 Å². The number of carbonyl (C=O) groups is 3. The number of carbonyl (C=O) groups excluding carboxylic acids is 3. The Morgan fingerprint density at radius 1 is 0.750 bits per heavy atom. The summed E-state index contributed by atoms with van der Waals surface area (Å²) in [7, 11) is 0. The Hall–Kier alpha value is -3.81. The third kappa shape index (κ3) is 4.67. The number of halogens is 2. The summed E-state index contributed by atoms with van der Waals surface area (Å²) in [5, 5.41) is 3.20. The first kappa shape index (κ1) is 23.9. The van der Waals surface area contributed by atoms with Crippen LogP contribution in [0, 0.1) is 0 Å². The van der Waals surface area contributed by atoms with Crippen LogP contribution in [0.5, 0.6) is 0 Å². The van der Waals surface area contributed by atoms with E-state index in [9.17, 15) is 14.4 Å². The van der Waals surface area contributed by atoms with Crippen molar-refractivity contribution < 1.29 is 14.4 Å². The first-order valence-electron chi connectivity index (χ1n) is 11.4. The zero-order chi connectivity index (χ0) is 25.2. The standard InChI is InChI=1S/C27H22Cl2N4O3/c28-19-9-11-22(12-10-19)33-26(35)23(29)24(27(33)36)30-20-6-4-5-18(17-20)25(34)32-15-13-31(14-16-32)21-7-2-1-3-8-21/h1-12,17,30H,13-16H2. The van der Waals surface area contributed by atoms with E-state index in [0.29, 0.717) is 35.1 Å². The summed E-state index contributed by atoms with van der Waals surface area (Å²) in [4.78, 5) is 43.9. The SMILES string of the molecule is O=C(c1cccc(NC2=C(Cl)C(=O)N(c3ccc(Cl)cc3)C2=O)c1)N1CCN(c2ccccc2)CC1. The van der Waals surface area contributed by atoms with Crippen molar-refractivity contribution in [2.45, 2.75) is 0 Å². The number of nitrogens with one attached hydrogen (secondary N) is 1. The van der Waals surface area contributed by atoms with E-state index in [4.69, 9.17) is 23.2 Å². The monoisotopic (exact) mass is 520 g/mol. The number of piperazine rings is 1. The number of hydrogen-bond donors (Lipinski definition) is 1. The Bertz CT molecular complexity index is 1350. The topological polar surface area (TPSA) is 73.0 Å². The second-order valence-electron chi connectivity index (χ2n) is 8.43. The molecule has 5 rings (SSSR count). The fourth-order valence-corrected chi connectivity index (χ4v) is 4.64. The zero-order valence-electron chi connectivity index (χ0n) is 19.2. The third-order valence-corrected chi connectivity index (χ3v) is 6.78. The van der Waals surface area contributed by atoms with E-state index in [0.717, 1.165) is 23.7 Å². The summed E-state index contributed by atoms with van der Waals surface area (Å²) < 4.78 is 0. The fourth-order valence-electron chi connectivity index (χ4n) is 4.30. The van der Waals surface area contributed by atoms with E-state index in [-0.39, 0.29) is 16.6 Å². The van der Waals surface area contributed by atoms with Gasteiger partial charge in [-0.15, -0.1) is 0 Å². The predicted molar refractivity (Wildman–Crippen MR) is 141 cm³/mol. The highest BCUT2D eigenvalue weighted by molar-refractivity contribution is 6.53. The zero-order valence-corrected chi connectivity index (χ0v) is 20.7. The van der Waals surface area contributed by atoms with Crippen molar-refractivity contribution in [2.75, 3.05) is 41.3 Å². The van der Waals surface area contributed by atoms with Crippen LogP contribution in [-0.4, -0.2) is 48.8 Å². The van der Waals surface area contributed by atoms with Crippen LogP contribution >= 0.6 is 23.2 Å². The van der Waals surface area contributed by atoms with E-state index in [1.54, 1.807) is 48.5 Å². The molecular formula is C27H22Cl2N4O3. The van der Waals surface area contributed by atoms with E-state index in [2.05, 4.69) is 22.3 Å². The van der Waals surface area contributed by atoms with Gasteiger partial charge in [0.25, 0.3) is 17.7 Å². The van der Waals surface area contributed by atoms with Crippen molar-refractivity contribution in [1.82, 2.24) is 4.90 Å². The Morgan fingerprint density at radius 2 is 1.44 bits per heavy atom. The lowest BCUT2D eigenvalue weighted by Gasteiger charge is -2.36. The summed E-state index contributed by atoms with van der Waals surface area (Å²) in [5.74, 6) is -1.31. The lowest BCUT2D eigenvalue weighted by molar-refractivity contribution is -0.120. The van der Waals surface area contributed by atoms with Crippen molar-refractivity contribution in [3.63, 3.8) is 0 Å². The molecule has 36 heavy (non-hydrogen) atoms. The fraction of sp³-hybridized carbons (Fsp3) is 0.148. The van der Waals surface area contributed by atoms with Crippen LogP contribution in [0.4, 0.5) is 17.1 Å². The molecule has 0 saturated carbocycles. The van der Waals surface area contributed by atoms with Gasteiger partial charge in [0.1, 0.15) is 10.7 Å². The molecule has 0 atom stereocenters. The minimum atomic E-state index is -0.630. The number of nitrogens with zero attached hydrogens (tertiary/aromatic N) is 3. The van der Waals surface area contributed by atoms with Crippen molar-refractivity contribution in [1.29, 1.82) is 0 Å². The van der Waals surface area contributed by atoms with Gasteiger partial charge in [-0.3, -0.25) is 14.4 Å². The van der Waals surface area contributed by atoms with Gasteiger partial charge >= 0.3 is 0 Å². The molecule has 7 nitrogen and oxygen atoms in total. The van der Waals surface area contributed by atoms with Crippen LogP contribution in [0.15, 0.2) is 89.6 Å². The second-order valence-corrected chi connectivity index (χ2v) is 9.25. The molecule has 1 fully saturated rings. The smallest absolute Gasteiger partial charge is 0.283 e. The first-order valence-corrected chi connectivity index (χ1v) is 12.2. The van der Waals surface area contributed by atoms with Crippen LogP contribution < -0.4 is 15.1 Å². The van der Waals surface area contributed by atoms with Crippen LogP contribution in [0.25, 0.3) is 0 Å². The molecule has 1 N–H and O–H groups in total.